The van der Waals surface area contributed by atoms with Crippen molar-refractivity contribution in [3.8, 4) is 11.1 Å². The molecule has 0 bridgehead atoms. The number of carbonyl (C=O) groups excluding carboxylic acids is 1. The lowest BCUT2D eigenvalue weighted by atomic mass is 10.1. The lowest BCUT2D eigenvalue weighted by Gasteiger charge is -2.28. The van der Waals surface area contributed by atoms with Gasteiger partial charge < -0.3 is 4.74 Å². The molecule has 0 aliphatic heterocycles. The van der Waals surface area contributed by atoms with Gasteiger partial charge in [-0.3, -0.25) is 0 Å². The molecule has 2 aromatic rings. The Balaban J connectivity index is 2.18. The molecule has 1 N–H and O–H groups in total. The molecule has 0 radical (unpaired) electrons. The zero-order chi connectivity index (χ0) is 14.1. The molecule has 0 saturated heterocycles. The van der Waals surface area contributed by atoms with Crippen LogP contribution in [0.3, 0.4) is 0 Å². The largest absolute Gasteiger partial charge is 0.452 e. The molecule has 102 valence electrons. The second-order valence-electron chi connectivity index (χ2n) is 4.64. The van der Waals surface area contributed by atoms with Crippen molar-refractivity contribution in [2.75, 3.05) is 14.2 Å². The highest BCUT2D eigenvalue weighted by molar-refractivity contribution is 5.81. The maximum atomic E-state index is 12.0. The molecular formula is C16H16N2O2. The van der Waals surface area contributed by atoms with Gasteiger partial charge in [0.15, 0.2) is 0 Å². The van der Waals surface area contributed by atoms with E-state index in [1.54, 1.807) is 7.05 Å². The third kappa shape index (κ3) is 1.77. The van der Waals surface area contributed by atoms with Crippen molar-refractivity contribution in [3.63, 3.8) is 0 Å². The van der Waals surface area contributed by atoms with E-state index in [9.17, 15) is 4.79 Å². The Morgan fingerprint density at radius 1 is 1.05 bits per heavy atom. The van der Waals surface area contributed by atoms with Gasteiger partial charge >= 0.3 is 6.09 Å². The molecular weight excluding hydrogens is 252 g/mol. The molecule has 2 aromatic carbocycles. The summed E-state index contributed by atoms with van der Waals surface area (Å²) < 4.78 is 4.87. The highest BCUT2D eigenvalue weighted by Crippen LogP contribution is 2.45. The van der Waals surface area contributed by atoms with Gasteiger partial charge in [0.25, 0.3) is 0 Å². The molecule has 0 heterocycles. The highest BCUT2D eigenvalue weighted by atomic mass is 16.5. The predicted octanol–water partition coefficient (Wildman–Crippen LogP) is 2.96. The number of carbonyl (C=O) groups is 1. The van der Waals surface area contributed by atoms with E-state index in [1.165, 1.54) is 12.1 Å². The summed E-state index contributed by atoms with van der Waals surface area (Å²) in [6, 6.07) is 16.1. The van der Waals surface area contributed by atoms with Crippen LogP contribution in [0.4, 0.5) is 4.79 Å². The fourth-order valence-corrected chi connectivity index (χ4v) is 2.83. The van der Waals surface area contributed by atoms with Crippen LogP contribution in [-0.2, 0) is 4.74 Å². The van der Waals surface area contributed by atoms with E-state index in [-0.39, 0.29) is 6.04 Å². The van der Waals surface area contributed by atoms with Crippen molar-refractivity contribution in [2.45, 2.75) is 6.04 Å². The number of methoxy groups -OCH3 is 1. The Hall–Kier alpha value is -2.33. The van der Waals surface area contributed by atoms with Gasteiger partial charge in [0.1, 0.15) is 6.04 Å². The van der Waals surface area contributed by atoms with E-state index >= 15 is 0 Å². The summed E-state index contributed by atoms with van der Waals surface area (Å²) in [5, 5.41) is 1.52. The quantitative estimate of drug-likeness (QED) is 0.851. The lowest BCUT2D eigenvalue weighted by Crippen LogP contribution is -2.43. The number of hydrogen-bond acceptors (Lipinski definition) is 3. The predicted molar refractivity (Wildman–Crippen MR) is 77.0 cm³/mol. The van der Waals surface area contributed by atoms with Gasteiger partial charge in [0.05, 0.1) is 7.11 Å². The summed E-state index contributed by atoms with van der Waals surface area (Å²) in [5.41, 5.74) is 7.47. The Morgan fingerprint density at radius 2 is 1.55 bits per heavy atom. The van der Waals surface area contributed by atoms with Crippen molar-refractivity contribution in [2.24, 2.45) is 0 Å². The van der Waals surface area contributed by atoms with Crippen LogP contribution in [0.5, 0.6) is 0 Å². The third-order valence-corrected chi connectivity index (χ3v) is 3.67. The van der Waals surface area contributed by atoms with Crippen molar-refractivity contribution in [1.29, 1.82) is 0 Å². The molecule has 0 fully saturated rings. The zero-order valence-corrected chi connectivity index (χ0v) is 11.5. The summed E-state index contributed by atoms with van der Waals surface area (Å²) in [7, 11) is 3.11. The molecule has 0 atom stereocenters. The summed E-state index contributed by atoms with van der Waals surface area (Å²) in [4.78, 5) is 12.0. The van der Waals surface area contributed by atoms with Gasteiger partial charge in [-0.15, -0.1) is 0 Å². The molecule has 20 heavy (non-hydrogen) atoms. The normalized spacial score (nSPS) is 12.7. The summed E-state index contributed by atoms with van der Waals surface area (Å²) in [5.74, 6) is 0. The maximum Gasteiger partial charge on any atom is 0.424 e. The number of nitrogens with zero attached hydrogens (tertiary/aromatic N) is 1. The van der Waals surface area contributed by atoms with Gasteiger partial charge in [-0.25, -0.2) is 15.2 Å². The average molecular weight is 268 g/mol. The number of hydrazine groups is 1. The Bertz CT molecular complexity index is 609. The minimum absolute atomic E-state index is 0.167. The van der Waals surface area contributed by atoms with Crippen LogP contribution in [0.15, 0.2) is 48.5 Å². The minimum atomic E-state index is -0.399. The fraction of sp³-hybridized carbons (Fsp3) is 0.188. The van der Waals surface area contributed by atoms with E-state index in [0.717, 1.165) is 22.3 Å². The van der Waals surface area contributed by atoms with Gasteiger partial charge in [0, 0.05) is 7.05 Å². The first-order valence-electron chi connectivity index (χ1n) is 6.50. The molecule has 4 nitrogen and oxygen atoms in total. The summed E-state index contributed by atoms with van der Waals surface area (Å²) in [6.07, 6.45) is -0.399. The first-order chi connectivity index (χ1) is 9.77. The highest BCUT2D eigenvalue weighted by Gasteiger charge is 2.35. The summed E-state index contributed by atoms with van der Waals surface area (Å²) >= 11 is 0. The maximum absolute atomic E-state index is 12.0. The third-order valence-electron chi connectivity index (χ3n) is 3.67. The number of hydrogen-bond donors (Lipinski definition) is 1. The standard InChI is InChI=1S/C16H16N2O2/c1-17-18(16(19)20-2)15-13-9-5-3-7-11(13)12-8-4-6-10-14(12)15/h3-10,15,17H,1-2H3. The van der Waals surface area contributed by atoms with Crippen LogP contribution < -0.4 is 5.43 Å². The van der Waals surface area contributed by atoms with Gasteiger partial charge in [-0.05, 0) is 22.3 Å². The second-order valence-corrected chi connectivity index (χ2v) is 4.64. The first-order valence-corrected chi connectivity index (χ1v) is 6.50. The van der Waals surface area contributed by atoms with Gasteiger partial charge in [-0.2, -0.15) is 0 Å². The van der Waals surface area contributed by atoms with E-state index in [0.29, 0.717) is 0 Å². The van der Waals surface area contributed by atoms with Crippen LogP contribution in [-0.4, -0.2) is 25.3 Å². The molecule has 1 aliphatic rings. The van der Waals surface area contributed by atoms with E-state index in [2.05, 4.69) is 17.6 Å². The van der Waals surface area contributed by atoms with Crippen molar-refractivity contribution in [1.82, 2.24) is 10.4 Å². The lowest BCUT2D eigenvalue weighted by molar-refractivity contribution is 0.0921. The topological polar surface area (TPSA) is 41.6 Å². The molecule has 1 aliphatic carbocycles. The van der Waals surface area contributed by atoms with Crippen molar-refractivity contribution < 1.29 is 9.53 Å². The molecule has 1 amide bonds. The van der Waals surface area contributed by atoms with E-state index < -0.39 is 6.09 Å². The van der Waals surface area contributed by atoms with Crippen LogP contribution in [0.25, 0.3) is 11.1 Å². The number of fused-ring (bicyclic) bond motifs is 3. The molecule has 0 saturated carbocycles. The Kier molecular flexibility index (Phi) is 3.16. The Morgan fingerprint density at radius 3 is 2.00 bits per heavy atom. The minimum Gasteiger partial charge on any atom is -0.452 e. The number of amides is 1. The van der Waals surface area contributed by atoms with Crippen LogP contribution in [0, 0.1) is 0 Å². The molecule has 0 unspecified atom stereocenters. The molecule has 0 spiro atoms. The van der Waals surface area contributed by atoms with Gasteiger partial charge in [0.2, 0.25) is 0 Å². The molecule has 4 heteroatoms. The van der Waals surface area contributed by atoms with Gasteiger partial charge in [-0.1, -0.05) is 48.5 Å². The molecule has 0 aromatic heterocycles. The smallest absolute Gasteiger partial charge is 0.424 e. The number of ether oxygens (including phenoxy) is 1. The van der Waals surface area contributed by atoms with E-state index in [1.807, 2.05) is 36.4 Å². The second kappa shape index (κ2) is 4.98. The number of rotatable bonds is 2. The van der Waals surface area contributed by atoms with E-state index in [4.69, 9.17) is 4.74 Å². The molecule has 3 rings (SSSR count). The summed E-state index contributed by atoms with van der Waals surface area (Å²) in [6.45, 7) is 0. The average Bonchev–Trinajstić information content (AvgIpc) is 2.83. The van der Waals surface area contributed by atoms with Crippen molar-refractivity contribution >= 4 is 6.09 Å². The zero-order valence-electron chi connectivity index (χ0n) is 11.5. The first kappa shape index (κ1) is 12.7. The van der Waals surface area contributed by atoms with Crippen molar-refractivity contribution in [3.05, 3.63) is 59.7 Å². The van der Waals surface area contributed by atoms with Crippen LogP contribution >= 0.6 is 0 Å². The van der Waals surface area contributed by atoms with Crippen LogP contribution in [0.2, 0.25) is 0 Å². The monoisotopic (exact) mass is 268 g/mol. The SMILES string of the molecule is CNN(C(=O)OC)C1c2ccccc2-c2ccccc21. The number of nitrogens with one attached hydrogen (secondary N) is 1. The Labute approximate surface area is 117 Å². The van der Waals surface area contributed by atoms with Crippen LogP contribution in [0.1, 0.15) is 17.2 Å². The fourth-order valence-electron chi connectivity index (χ4n) is 2.83. The number of benzene rings is 2.